The summed E-state index contributed by atoms with van der Waals surface area (Å²) in [6, 6.07) is 15.6. The molecule has 0 atom stereocenters. The summed E-state index contributed by atoms with van der Waals surface area (Å²) >= 11 is 7.46. The number of hydrazone groups is 1. The predicted molar refractivity (Wildman–Crippen MR) is 141 cm³/mol. The van der Waals surface area contributed by atoms with Gasteiger partial charge in [0.05, 0.1) is 18.6 Å². The number of nitrogens with zero attached hydrogens (tertiary/aromatic N) is 4. The van der Waals surface area contributed by atoms with E-state index >= 15 is 0 Å². The summed E-state index contributed by atoms with van der Waals surface area (Å²) in [5, 5.41) is 14.4. The normalized spacial score (nSPS) is 14.3. The van der Waals surface area contributed by atoms with E-state index in [-0.39, 0.29) is 11.7 Å². The van der Waals surface area contributed by atoms with Gasteiger partial charge in [-0.1, -0.05) is 49.5 Å². The molecule has 184 valence electrons. The highest BCUT2D eigenvalue weighted by molar-refractivity contribution is 7.99. The van der Waals surface area contributed by atoms with Gasteiger partial charge in [0.1, 0.15) is 5.75 Å². The molecule has 3 aromatic rings. The summed E-state index contributed by atoms with van der Waals surface area (Å²) in [6.07, 6.45) is 8.39. The van der Waals surface area contributed by atoms with Crippen LogP contribution in [-0.2, 0) is 4.79 Å². The fourth-order valence-electron chi connectivity index (χ4n) is 4.05. The standard InChI is InChI=1S/C26H30ClN5O2S/c1-2-16-34-23-14-8-19(9-15-23)17-28-29-24(33)18-35-26-31-30-25(20-10-12-21(27)13-11-20)32(26)22-6-4-3-5-7-22/h8-15,17,22H,2-7,16,18H2,1H3,(H,29,33). The maximum absolute atomic E-state index is 12.4. The summed E-state index contributed by atoms with van der Waals surface area (Å²) in [7, 11) is 0. The van der Waals surface area contributed by atoms with Crippen molar-refractivity contribution in [2.75, 3.05) is 12.4 Å². The number of hydrogen-bond donors (Lipinski definition) is 1. The Morgan fingerprint density at radius 3 is 2.60 bits per heavy atom. The minimum Gasteiger partial charge on any atom is -0.494 e. The van der Waals surface area contributed by atoms with Crippen LogP contribution in [-0.4, -0.2) is 39.2 Å². The maximum Gasteiger partial charge on any atom is 0.250 e. The van der Waals surface area contributed by atoms with E-state index in [1.54, 1.807) is 6.21 Å². The molecule has 7 nitrogen and oxygen atoms in total. The van der Waals surface area contributed by atoms with Crippen LogP contribution in [0.15, 0.2) is 58.8 Å². The quantitative estimate of drug-likeness (QED) is 0.201. The first-order chi connectivity index (χ1) is 17.1. The molecule has 0 aliphatic heterocycles. The summed E-state index contributed by atoms with van der Waals surface area (Å²) in [4.78, 5) is 12.4. The van der Waals surface area contributed by atoms with Gasteiger partial charge in [0.15, 0.2) is 11.0 Å². The highest BCUT2D eigenvalue weighted by Crippen LogP contribution is 2.35. The first-order valence-corrected chi connectivity index (χ1v) is 13.4. The molecule has 0 unspecified atom stereocenters. The third-order valence-electron chi connectivity index (χ3n) is 5.79. The van der Waals surface area contributed by atoms with Crippen LogP contribution in [0.25, 0.3) is 11.4 Å². The predicted octanol–water partition coefficient (Wildman–Crippen LogP) is 6.13. The Hall–Kier alpha value is -2.84. The smallest absolute Gasteiger partial charge is 0.250 e. The van der Waals surface area contributed by atoms with Gasteiger partial charge in [0.2, 0.25) is 0 Å². The van der Waals surface area contributed by atoms with Crippen molar-refractivity contribution in [1.82, 2.24) is 20.2 Å². The lowest BCUT2D eigenvalue weighted by atomic mass is 9.95. The van der Waals surface area contributed by atoms with E-state index in [9.17, 15) is 4.79 Å². The van der Waals surface area contributed by atoms with Crippen LogP contribution in [0.3, 0.4) is 0 Å². The highest BCUT2D eigenvalue weighted by Gasteiger charge is 2.24. The lowest BCUT2D eigenvalue weighted by Crippen LogP contribution is -2.20. The Bertz CT molecular complexity index is 1130. The average Bonchev–Trinajstić information content (AvgIpc) is 3.32. The number of hydrogen-bond acceptors (Lipinski definition) is 6. The zero-order valence-electron chi connectivity index (χ0n) is 19.8. The number of thioether (sulfide) groups is 1. The highest BCUT2D eigenvalue weighted by atomic mass is 35.5. The van der Waals surface area contributed by atoms with Crippen molar-refractivity contribution in [3.63, 3.8) is 0 Å². The molecule has 1 aliphatic carbocycles. The zero-order chi connectivity index (χ0) is 24.5. The largest absolute Gasteiger partial charge is 0.494 e. The van der Waals surface area contributed by atoms with E-state index in [1.165, 1.54) is 31.0 Å². The second kappa shape index (κ2) is 12.7. The van der Waals surface area contributed by atoms with Gasteiger partial charge in [0.25, 0.3) is 5.91 Å². The molecule has 2 aromatic carbocycles. The van der Waals surface area contributed by atoms with Crippen LogP contribution in [0.2, 0.25) is 5.02 Å². The minimum absolute atomic E-state index is 0.194. The second-order valence-electron chi connectivity index (χ2n) is 8.47. The Balaban J connectivity index is 1.38. The zero-order valence-corrected chi connectivity index (χ0v) is 21.4. The topological polar surface area (TPSA) is 81.4 Å². The van der Waals surface area contributed by atoms with Crippen LogP contribution in [0.4, 0.5) is 0 Å². The first kappa shape index (κ1) is 25.3. The van der Waals surface area contributed by atoms with Crippen LogP contribution >= 0.6 is 23.4 Å². The number of nitrogens with one attached hydrogen (secondary N) is 1. The number of benzene rings is 2. The lowest BCUT2D eigenvalue weighted by molar-refractivity contribution is -0.118. The number of carbonyl (C=O) groups excluding carboxylic acids is 1. The van der Waals surface area contributed by atoms with E-state index in [0.717, 1.165) is 47.1 Å². The van der Waals surface area contributed by atoms with Gasteiger partial charge >= 0.3 is 0 Å². The van der Waals surface area contributed by atoms with Crippen molar-refractivity contribution < 1.29 is 9.53 Å². The molecule has 1 aliphatic rings. The summed E-state index contributed by atoms with van der Waals surface area (Å²) in [6.45, 7) is 2.76. The van der Waals surface area contributed by atoms with E-state index in [0.29, 0.717) is 17.7 Å². The van der Waals surface area contributed by atoms with Crippen molar-refractivity contribution in [2.24, 2.45) is 5.10 Å². The fraction of sp³-hybridized carbons (Fsp3) is 0.385. The number of aromatic nitrogens is 3. The molecule has 4 rings (SSSR count). The second-order valence-corrected chi connectivity index (χ2v) is 9.85. The van der Waals surface area contributed by atoms with Crippen LogP contribution < -0.4 is 10.2 Å². The molecule has 0 spiro atoms. The molecule has 0 bridgehead atoms. The van der Waals surface area contributed by atoms with Gasteiger partial charge in [0, 0.05) is 16.6 Å². The summed E-state index contributed by atoms with van der Waals surface area (Å²) in [5.41, 5.74) is 4.45. The van der Waals surface area contributed by atoms with Crippen molar-refractivity contribution in [3.8, 4) is 17.1 Å². The first-order valence-electron chi connectivity index (χ1n) is 12.0. The van der Waals surface area contributed by atoms with E-state index in [2.05, 4.69) is 32.2 Å². The van der Waals surface area contributed by atoms with E-state index < -0.39 is 0 Å². The van der Waals surface area contributed by atoms with Crippen LogP contribution in [0.1, 0.15) is 57.1 Å². The van der Waals surface area contributed by atoms with Gasteiger partial charge in [-0.05, 0) is 73.4 Å². The molecule has 35 heavy (non-hydrogen) atoms. The third kappa shape index (κ3) is 7.08. The molecule has 1 saturated carbocycles. The van der Waals surface area contributed by atoms with Gasteiger partial charge in [-0.2, -0.15) is 5.10 Å². The molecule has 1 aromatic heterocycles. The van der Waals surface area contributed by atoms with Crippen LogP contribution in [0, 0.1) is 0 Å². The van der Waals surface area contributed by atoms with Crippen molar-refractivity contribution >= 4 is 35.5 Å². The van der Waals surface area contributed by atoms with Crippen molar-refractivity contribution in [1.29, 1.82) is 0 Å². The van der Waals surface area contributed by atoms with E-state index in [4.69, 9.17) is 16.3 Å². The van der Waals surface area contributed by atoms with Crippen molar-refractivity contribution in [3.05, 3.63) is 59.1 Å². The molecule has 1 N–H and O–H groups in total. The lowest BCUT2D eigenvalue weighted by Gasteiger charge is -2.25. The molecule has 1 fully saturated rings. The third-order valence-corrected chi connectivity index (χ3v) is 6.99. The number of halogens is 1. The van der Waals surface area contributed by atoms with E-state index in [1.807, 2.05) is 48.5 Å². The number of amides is 1. The molecule has 9 heteroatoms. The summed E-state index contributed by atoms with van der Waals surface area (Å²) < 4.78 is 7.78. The van der Waals surface area contributed by atoms with Crippen molar-refractivity contribution in [2.45, 2.75) is 56.6 Å². The Morgan fingerprint density at radius 2 is 1.89 bits per heavy atom. The molecule has 1 heterocycles. The van der Waals surface area contributed by atoms with Crippen LogP contribution in [0.5, 0.6) is 5.75 Å². The molecular formula is C26H30ClN5O2S. The average molecular weight is 512 g/mol. The number of rotatable bonds is 10. The number of carbonyl (C=O) groups is 1. The molecular weight excluding hydrogens is 482 g/mol. The molecule has 1 amide bonds. The summed E-state index contributed by atoms with van der Waals surface area (Å²) in [5.74, 6) is 1.65. The van der Waals surface area contributed by atoms with Gasteiger partial charge in [-0.25, -0.2) is 5.43 Å². The SMILES string of the molecule is CCCOc1ccc(C=NNC(=O)CSc2nnc(-c3ccc(Cl)cc3)n2C2CCCCC2)cc1. The van der Waals surface area contributed by atoms with Gasteiger partial charge in [-0.15, -0.1) is 10.2 Å². The molecule has 0 saturated heterocycles. The maximum atomic E-state index is 12.4. The monoisotopic (exact) mass is 511 g/mol. The minimum atomic E-state index is -0.194. The number of ether oxygens (including phenoxy) is 1. The molecule has 0 radical (unpaired) electrons. The van der Waals surface area contributed by atoms with Gasteiger partial charge in [-0.3, -0.25) is 9.36 Å². The Kier molecular flexibility index (Phi) is 9.20. The Labute approximate surface area is 215 Å². The Morgan fingerprint density at radius 1 is 1.14 bits per heavy atom. The fourth-order valence-corrected chi connectivity index (χ4v) is 4.97. The van der Waals surface area contributed by atoms with Gasteiger partial charge < -0.3 is 4.74 Å².